The molecule has 142 valence electrons. The van der Waals surface area contributed by atoms with Crippen molar-refractivity contribution in [1.82, 2.24) is 10.2 Å². The molecule has 0 aliphatic heterocycles. The number of ether oxygens (including phenoxy) is 1. The first-order chi connectivity index (χ1) is 13.0. The molecule has 2 aromatic rings. The molecule has 0 amide bonds. The smallest absolute Gasteiger partial charge is 0.148 e. The highest BCUT2D eigenvalue weighted by Gasteiger charge is 2.20. The molecule has 1 aromatic heterocycles. The SMILES string of the molecule is C\C=C/C(=C1/CCC/C1=C/C)c1nnc(-c2ccc(OC(C)C)c(N)c2)s1. The van der Waals surface area contributed by atoms with Gasteiger partial charge in [-0.2, -0.15) is 0 Å². The van der Waals surface area contributed by atoms with Crippen molar-refractivity contribution < 1.29 is 4.74 Å². The minimum absolute atomic E-state index is 0.0912. The largest absolute Gasteiger partial charge is 0.489 e. The molecule has 2 N–H and O–H groups in total. The van der Waals surface area contributed by atoms with Crippen LogP contribution >= 0.6 is 11.3 Å². The first-order valence-corrected chi connectivity index (χ1v) is 10.3. The van der Waals surface area contributed by atoms with Crippen LogP contribution in [-0.4, -0.2) is 16.3 Å². The quantitative estimate of drug-likeness (QED) is 0.642. The van der Waals surface area contributed by atoms with Gasteiger partial charge in [0.1, 0.15) is 15.8 Å². The predicted molar refractivity (Wildman–Crippen MR) is 115 cm³/mol. The molecule has 0 saturated heterocycles. The predicted octanol–water partition coefficient (Wildman–Crippen LogP) is 6.03. The summed E-state index contributed by atoms with van der Waals surface area (Å²) in [6.07, 6.45) is 9.99. The van der Waals surface area contributed by atoms with E-state index in [1.165, 1.54) is 23.1 Å². The maximum atomic E-state index is 6.16. The Kier molecular flexibility index (Phi) is 6.11. The molecular weight excluding hydrogens is 354 g/mol. The van der Waals surface area contributed by atoms with Crippen LogP contribution in [0.1, 0.15) is 52.0 Å². The van der Waals surface area contributed by atoms with Crippen LogP contribution in [0.2, 0.25) is 0 Å². The molecule has 0 radical (unpaired) electrons. The van der Waals surface area contributed by atoms with Gasteiger partial charge in [-0.05, 0) is 76.3 Å². The number of rotatable bonds is 5. The van der Waals surface area contributed by atoms with Crippen LogP contribution in [0.4, 0.5) is 5.69 Å². The Bertz CT molecular complexity index is 906. The summed E-state index contributed by atoms with van der Waals surface area (Å²) in [5, 5.41) is 10.7. The molecule has 1 heterocycles. The van der Waals surface area contributed by atoms with E-state index >= 15 is 0 Å². The molecule has 4 nitrogen and oxygen atoms in total. The van der Waals surface area contributed by atoms with Crippen LogP contribution in [0.15, 0.2) is 47.6 Å². The van der Waals surface area contributed by atoms with Crippen LogP contribution in [0.3, 0.4) is 0 Å². The first kappa shape index (κ1) is 19.4. The van der Waals surface area contributed by atoms with Crippen molar-refractivity contribution in [2.75, 3.05) is 5.73 Å². The zero-order valence-electron chi connectivity index (χ0n) is 16.5. The normalized spacial score (nSPS) is 18.0. The topological polar surface area (TPSA) is 61.0 Å². The van der Waals surface area contributed by atoms with Crippen molar-refractivity contribution in [3.05, 3.63) is 52.6 Å². The van der Waals surface area contributed by atoms with Gasteiger partial charge < -0.3 is 10.5 Å². The van der Waals surface area contributed by atoms with E-state index in [1.807, 2.05) is 39.0 Å². The average Bonchev–Trinajstić information content (AvgIpc) is 3.30. The second kappa shape index (κ2) is 8.53. The molecule has 0 atom stereocenters. The third kappa shape index (κ3) is 4.30. The van der Waals surface area contributed by atoms with E-state index in [0.29, 0.717) is 11.4 Å². The molecule has 1 aromatic carbocycles. The van der Waals surface area contributed by atoms with Gasteiger partial charge in [-0.15, -0.1) is 10.2 Å². The maximum Gasteiger partial charge on any atom is 0.148 e. The second-order valence-electron chi connectivity index (χ2n) is 6.89. The second-order valence-corrected chi connectivity index (χ2v) is 7.87. The zero-order valence-corrected chi connectivity index (χ0v) is 17.3. The van der Waals surface area contributed by atoms with Crippen molar-refractivity contribution in [2.45, 2.75) is 53.1 Å². The van der Waals surface area contributed by atoms with Gasteiger partial charge in [-0.1, -0.05) is 29.6 Å². The summed E-state index contributed by atoms with van der Waals surface area (Å²) >= 11 is 1.61. The number of hydrogen-bond donors (Lipinski definition) is 1. The molecule has 27 heavy (non-hydrogen) atoms. The lowest BCUT2D eigenvalue weighted by atomic mass is 10.0. The van der Waals surface area contributed by atoms with Crippen LogP contribution in [-0.2, 0) is 0 Å². The Morgan fingerprint density at radius 2 is 2.04 bits per heavy atom. The Morgan fingerprint density at radius 3 is 2.70 bits per heavy atom. The van der Waals surface area contributed by atoms with Gasteiger partial charge in [-0.3, -0.25) is 0 Å². The molecule has 1 saturated carbocycles. The minimum Gasteiger partial charge on any atom is -0.489 e. The fourth-order valence-corrected chi connectivity index (χ4v) is 4.24. The van der Waals surface area contributed by atoms with E-state index in [2.05, 4.69) is 35.3 Å². The number of hydrogen-bond acceptors (Lipinski definition) is 5. The van der Waals surface area contributed by atoms with Gasteiger partial charge in [0.15, 0.2) is 0 Å². The maximum absolute atomic E-state index is 6.16. The van der Waals surface area contributed by atoms with Gasteiger partial charge in [0.2, 0.25) is 0 Å². The molecule has 0 unspecified atom stereocenters. The summed E-state index contributed by atoms with van der Waals surface area (Å²) in [4.78, 5) is 0. The Morgan fingerprint density at radius 1 is 1.22 bits per heavy atom. The summed E-state index contributed by atoms with van der Waals surface area (Å²) in [7, 11) is 0. The summed E-state index contributed by atoms with van der Waals surface area (Å²) < 4.78 is 5.72. The van der Waals surface area contributed by atoms with Gasteiger partial charge >= 0.3 is 0 Å². The standard InChI is InChI=1S/C22H27N3OS/c1-5-8-18(17-10-7-9-15(17)6-2)22-25-24-21(27-22)16-11-12-20(19(23)13-16)26-14(3)4/h5-6,8,11-14H,7,9-10,23H2,1-4H3/b8-5-,15-6-,18-17+. The van der Waals surface area contributed by atoms with Crippen LogP contribution in [0.25, 0.3) is 16.1 Å². The minimum atomic E-state index is 0.0912. The fraction of sp³-hybridized carbons (Fsp3) is 0.364. The lowest BCUT2D eigenvalue weighted by Crippen LogP contribution is -2.07. The number of benzene rings is 1. The van der Waals surface area contributed by atoms with Gasteiger partial charge in [-0.25, -0.2) is 0 Å². The lowest BCUT2D eigenvalue weighted by Gasteiger charge is -2.12. The van der Waals surface area contributed by atoms with Gasteiger partial charge in [0.25, 0.3) is 0 Å². The summed E-state index contributed by atoms with van der Waals surface area (Å²) in [6.45, 7) is 8.13. The number of anilines is 1. The summed E-state index contributed by atoms with van der Waals surface area (Å²) in [5.41, 5.74) is 11.8. The Hall–Kier alpha value is -2.40. The molecule has 1 aliphatic rings. The molecule has 5 heteroatoms. The number of nitrogens with zero attached hydrogens (tertiary/aromatic N) is 2. The number of allylic oxidation sites excluding steroid dienone is 6. The highest BCUT2D eigenvalue weighted by molar-refractivity contribution is 7.15. The van der Waals surface area contributed by atoms with E-state index in [4.69, 9.17) is 10.5 Å². The average molecular weight is 382 g/mol. The van der Waals surface area contributed by atoms with Crippen molar-refractivity contribution >= 4 is 22.6 Å². The van der Waals surface area contributed by atoms with Crippen LogP contribution in [0, 0.1) is 0 Å². The summed E-state index contributed by atoms with van der Waals surface area (Å²) in [6, 6.07) is 5.82. The van der Waals surface area contributed by atoms with E-state index in [0.717, 1.165) is 28.4 Å². The number of nitrogens with two attached hydrogens (primary N) is 1. The molecule has 1 aliphatic carbocycles. The third-order valence-electron chi connectivity index (χ3n) is 4.54. The number of aromatic nitrogens is 2. The molecule has 0 bridgehead atoms. The Balaban J connectivity index is 1.96. The van der Waals surface area contributed by atoms with Crippen molar-refractivity contribution in [3.8, 4) is 16.3 Å². The van der Waals surface area contributed by atoms with Gasteiger partial charge in [0, 0.05) is 11.1 Å². The monoisotopic (exact) mass is 381 g/mol. The Labute approximate surface area is 165 Å². The van der Waals surface area contributed by atoms with Crippen LogP contribution < -0.4 is 10.5 Å². The molecule has 0 spiro atoms. The molecule has 1 fully saturated rings. The van der Waals surface area contributed by atoms with E-state index < -0.39 is 0 Å². The highest BCUT2D eigenvalue weighted by atomic mass is 32.1. The van der Waals surface area contributed by atoms with E-state index in [1.54, 1.807) is 11.3 Å². The highest BCUT2D eigenvalue weighted by Crippen LogP contribution is 2.39. The molecular formula is C22H27N3OS. The lowest BCUT2D eigenvalue weighted by molar-refractivity contribution is 0.244. The van der Waals surface area contributed by atoms with Crippen molar-refractivity contribution in [2.24, 2.45) is 0 Å². The third-order valence-corrected chi connectivity index (χ3v) is 5.55. The molecule has 3 rings (SSSR count). The fourth-order valence-electron chi connectivity index (χ4n) is 3.35. The number of nitrogen functional groups attached to an aromatic ring is 1. The van der Waals surface area contributed by atoms with Crippen molar-refractivity contribution in [3.63, 3.8) is 0 Å². The van der Waals surface area contributed by atoms with E-state index in [-0.39, 0.29) is 6.10 Å². The van der Waals surface area contributed by atoms with Crippen molar-refractivity contribution in [1.29, 1.82) is 0 Å². The van der Waals surface area contributed by atoms with E-state index in [9.17, 15) is 0 Å². The zero-order chi connectivity index (χ0) is 19.4. The van der Waals surface area contributed by atoms with Gasteiger partial charge in [0.05, 0.1) is 11.8 Å². The van der Waals surface area contributed by atoms with Crippen LogP contribution in [0.5, 0.6) is 5.75 Å². The first-order valence-electron chi connectivity index (χ1n) is 9.45. The summed E-state index contributed by atoms with van der Waals surface area (Å²) in [5.74, 6) is 0.707.